The summed E-state index contributed by atoms with van der Waals surface area (Å²) in [6, 6.07) is 5.94. The molecule has 20 heavy (non-hydrogen) atoms. The molecule has 3 aliphatic rings. The Morgan fingerprint density at radius 1 is 1.15 bits per heavy atom. The molecule has 2 unspecified atom stereocenters. The van der Waals surface area contributed by atoms with Crippen molar-refractivity contribution in [3.63, 3.8) is 0 Å². The summed E-state index contributed by atoms with van der Waals surface area (Å²) in [6.07, 6.45) is 0.959. The number of amides is 1. The summed E-state index contributed by atoms with van der Waals surface area (Å²) in [6.45, 7) is 4.11. The first kappa shape index (κ1) is 11.8. The Hall–Kier alpha value is -2.04. The van der Waals surface area contributed by atoms with Gasteiger partial charge >= 0.3 is 5.97 Å². The molecule has 5 heteroatoms. The SMILES string of the molecule is O=CN1CC2CN(c3ccc4c(c3)COC4=O)CC2C1. The molecule has 3 heterocycles. The van der Waals surface area contributed by atoms with Gasteiger partial charge in [0.05, 0.1) is 5.56 Å². The van der Waals surface area contributed by atoms with Crippen LogP contribution in [0.4, 0.5) is 5.69 Å². The van der Waals surface area contributed by atoms with E-state index in [0.29, 0.717) is 24.0 Å². The first-order valence-corrected chi connectivity index (χ1v) is 6.99. The van der Waals surface area contributed by atoms with Crippen molar-refractivity contribution in [1.29, 1.82) is 0 Å². The van der Waals surface area contributed by atoms with Crippen LogP contribution in [-0.2, 0) is 16.1 Å². The normalized spacial score (nSPS) is 27.5. The van der Waals surface area contributed by atoms with Gasteiger partial charge in [0, 0.05) is 49.3 Å². The molecule has 0 N–H and O–H groups in total. The number of anilines is 1. The standard InChI is InChI=1S/C15H16N2O3/c18-9-16-4-11-6-17(7-12(11)5-16)13-1-2-14-10(3-13)8-20-15(14)19/h1-3,9,11-12H,4-8H2. The van der Waals surface area contributed by atoms with E-state index < -0.39 is 0 Å². The van der Waals surface area contributed by atoms with Crippen LogP contribution in [-0.4, -0.2) is 43.5 Å². The Bertz CT molecular complexity index is 572. The molecule has 0 saturated carbocycles. The number of esters is 1. The largest absolute Gasteiger partial charge is 0.457 e. The molecule has 2 fully saturated rings. The van der Waals surface area contributed by atoms with Crippen LogP contribution >= 0.6 is 0 Å². The van der Waals surface area contributed by atoms with Crippen molar-refractivity contribution >= 4 is 18.1 Å². The number of benzene rings is 1. The van der Waals surface area contributed by atoms with E-state index in [1.807, 2.05) is 17.0 Å². The van der Waals surface area contributed by atoms with E-state index in [1.54, 1.807) is 0 Å². The van der Waals surface area contributed by atoms with Crippen molar-refractivity contribution in [3.8, 4) is 0 Å². The van der Waals surface area contributed by atoms with Crippen LogP contribution in [0.25, 0.3) is 0 Å². The summed E-state index contributed by atoms with van der Waals surface area (Å²) in [5, 5.41) is 0. The van der Waals surface area contributed by atoms with Gasteiger partial charge in [-0.15, -0.1) is 0 Å². The fraction of sp³-hybridized carbons (Fsp3) is 0.467. The number of ether oxygens (including phenoxy) is 1. The van der Waals surface area contributed by atoms with Gasteiger partial charge in [-0.1, -0.05) is 0 Å². The second-order valence-corrected chi connectivity index (χ2v) is 5.90. The summed E-state index contributed by atoms with van der Waals surface area (Å²) in [4.78, 5) is 26.5. The highest BCUT2D eigenvalue weighted by molar-refractivity contribution is 5.93. The smallest absolute Gasteiger partial charge is 0.338 e. The fourth-order valence-corrected chi connectivity index (χ4v) is 3.64. The van der Waals surface area contributed by atoms with Crippen LogP contribution in [0.1, 0.15) is 15.9 Å². The third-order valence-corrected chi connectivity index (χ3v) is 4.70. The maximum Gasteiger partial charge on any atom is 0.338 e. The number of fused-ring (bicyclic) bond motifs is 2. The molecule has 1 aromatic rings. The lowest BCUT2D eigenvalue weighted by molar-refractivity contribution is -0.117. The molecule has 0 aliphatic carbocycles. The molecule has 3 aliphatic heterocycles. The van der Waals surface area contributed by atoms with Crippen molar-refractivity contribution in [2.45, 2.75) is 6.61 Å². The van der Waals surface area contributed by atoms with Crippen molar-refractivity contribution in [3.05, 3.63) is 29.3 Å². The minimum Gasteiger partial charge on any atom is -0.457 e. The minimum atomic E-state index is -0.216. The van der Waals surface area contributed by atoms with Gasteiger partial charge in [-0.25, -0.2) is 4.79 Å². The Labute approximate surface area is 117 Å². The Kier molecular flexibility index (Phi) is 2.49. The molecule has 1 amide bonds. The molecular weight excluding hydrogens is 256 g/mol. The molecule has 2 atom stereocenters. The maximum absolute atomic E-state index is 11.5. The Morgan fingerprint density at radius 3 is 2.60 bits per heavy atom. The second-order valence-electron chi connectivity index (χ2n) is 5.90. The van der Waals surface area contributed by atoms with Gasteiger partial charge in [0.15, 0.2) is 0 Å². The molecule has 5 nitrogen and oxygen atoms in total. The van der Waals surface area contributed by atoms with Crippen LogP contribution in [0, 0.1) is 11.8 Å². The predicted molar refractivity (Wildman–Crippen MR) is 72.4 cm³/mol. The lowest BCUT2D eigenvalue weighted by Gasteiger charge is -2.21. The second kappa shape index (κ2) is 4.23. The number of rotatable bonds is 2. The topological polar surface area (TPSA) is 49.9 Å². The van der Waals surface area contributed by atoms with E-state index in [2.05, 4.69) is 11.0 Å². The zero-order valence-corrected chi connectivity index (χ0v) is 11.1. The molecular formula is C15H16N2O3. The van der Waals surface area contributed by atoms with Crippen LogP contribution in [0.2, 0.25) is 0 Å². The van der Waals surface area contributed by atoms with Crippen molar-refractivity contribution < 1.29 is 14.3 Å². The van der Waals surface area contributed by atoms with Crippen molar-refractivity contribution in [2.24, 2.45) is 11.8 Å². The van der Waals surface area contributed by atoms with Crippen molar-refractivity contribution in [2.75, 3.05) is 31.1 Å². The molecule has 0 aromatic heterocycles. The Morgan fingerprint density at radius 2 is 1.90 bits per heavy atom. The monoisotopic (exact) mass is 272 g/mol. The summed E-state index contributed by atoms with van der Waals surface area (Å²) < 4.78 is 5.04. The van der Waals surface area contributed by atoms with Crippen LogP contribution in [0.5, 0.6) is 0 Å². The third kappa shape index (κ3) is 1.69. The molecule has 0 bridgehead atoms. The van der Waals surface area contributed by atoms with E-state index in [9.17, 15) is 9.59 Å². The van der Waals surface area contributed by atoms with Gasteiger partial charge in [0.1, 0.15) is 6.61 Å². The van der Waals surface area contributed by atoms with Crippen molar-refractivity contribution in [1.82, 2.24) is 4.90 Å². The van der Waals surface area contributed by atoms with Gasteiger partial charge < -0.3 is 14.5 Å². The van der Waals surface area contributed by atoms with E-state index in [0.717, 1.165) is 43.8 Å². The average Bonchev–Trinajstić information content (AvgIpc) is 3.11. The van der Waals surface area contributed by atoms with E-state index in [1.165, 1.54) is 0 Å². The highest BCUT2D eigenvalue weighted by Gasteiger charge is 2.39. The molecule has 104 valence electrons. The van der Waals surface area contributed by atoms with Gasteiger partial charge in [0.2, 0.25) is 6.41 Å². The minimum absolute atomic E-state index is 0.216. The number of cyclic esters (lactones) is 1. The number of hydrogen-bond donors (Lipinski definition) is 0. The predicted octanol–water partition coefficient (Wildman–Crippen LogP) is 0.881. The molecule has 0 radical (unpaired) electrons. The first-order chi connectivity index (χ1) is 9.74. The van der Waals surface area contributed by atoms with E-state index in [4.69, 9.17) is 4.74 Å². The van der Waals surface area contributed by atoms with Crippen LogP contribution in [0.15, 0.2) is 18.2 Å². The van der Waals surface area contributed by atoms with Gasteiger partial charge in [-0.3, -0.25) is 4.79 Å². The maximum atomic E-state index is 11.5. The lowest BCUT2D eigenvalue weighted by atomic mass is 10.0. The van der Waals surface area contributed by atoms with Crippen LogP contribution in [0.3, 0.4) is 0 Å². The number of carbonyl (C=O) groups is 2. The number of carbonyl (C=O) groups excluding carboxylic acids is 2. The summed E-state index contributed by atoms with van der Waals surface area (Å²) in [7, 11) is 0. The zero-order chi connectivity index (χ0) is 13.7. The van der Waals surface area contributed by atoms with Gasteiger partial charge in [0.25, 0.3) is 0 Å². The highest BCUT2D eigenvalue weighted by atomic mass is 16.5. The van der Waals surface area contributed by atoms with Gasteiger partial charge in [-0.2, -0.15) is 0 Å². The number of hydrogen-bond acceptors (Lipinski definition) is 4. The number of nitrogens with zero attached hydrogens (tertiary/aromatic N) is 2. The van der Waals surface area contributed by atoms with E-state index >= 15 is 0 Å². The van der Waals surface area contributed by atoms with Crippen LogP contribution < -0.4 is 4.90 Å². The molecule has 4 rings (SSSR count). The third-order valence-electron chi connectivity index (χ3n) is 4.70. The summed E-state index contributed by atoms with van der Waals surface area (Å²) in [5.74, 6) is 0.934. The number of likely N-dealkylation sites (tertiary alicyclic amines) is 1. The quantitative estimate of drug-likeness (QED) is 0.592. The van der Waals surface area contributed by atoms with Gasteiger partial charge in [-0.05, 0) is 18.2 Å². The summed E-state index contributed by atoms with van der Waals surface area (Å²) in [5.41, 5.74) is 2.84. The lowest BCUT2D eigenvalue weighted by Crippen LogP contribution is -2.28. The summed E-state index contributed by atoms with van der Waals surface area (Å²) >= 11 is 0. The van der Waals surface area contributed by atoms with E-state index in [-0.39, 0.29) is 5.97 Å². The fourth-order valence-electron chi connectivity index (χ4n) is 3.64. The first-order valence-electron chi connectivity index (χ1n) is 6.99. The highest BCUT2D eigenvalue weighted by Crippen LogP contribution is 2.34. The average molecular weight is 272 g/mol. The zero-order valence-electron chi connectivity index (χ0n) is 11.1. The molecule has 0 spiro atoms. The Balaban J connectivity index is 1.53. The molecule has 1 aromatic carbocycles. The molecule has 2 saturated heterocycles.